The predicted molar refractivity (Wildman–Crippen MR) is 80.4 cm³/mol. The monoisotopic (exact) mass is 435 g/mol. The largest absolute Gasteiger partial charge is 0.488 e. The number of rotatable bonds is 6. The first-order chi connectivity index (χ1) is 10.9. The molecule has 8 heteroatoms. The van der Waals surface area contributed by atoms with Gasteiger partial charge >= 0.3 is 0 Å². The van der Waals surface area contributed by atoms with Gasteiger partial charge in [0.1, 0.15) is 12.4 Å². The van der Waals surface area contributed by atoms with Crippen molar-refractivity contribution in [3.05, 3.63) is 59.3 Å². The maximum absolute atomic E-state index is 12.8. The van der Waals surface area contributed by atoms with Crippen LogP contribution in [0.5, 0.6) is 5.75 Å². The average molecular weight is 436 g/mol. The van der Waals surface area contributed by atoms with E-state index in [1.165, 1.54) is 23.1 Å². The molecule has 0 bridgehead atoms. The van der Waals surface area contributed by atoms with Crippen LogP contribution in [0.2, 0.25) is 0 Å². The van der Waals surface area contributed by atoms with E-state index in [4.69, 9.17) is 16.3 Å². The third kappa shape index (κ3) is 5.60. The quantitative estimate of drug-likeness (QED) is 0.475. The summed E-state index contributed by atoms with van der Waals surface area (Å²) in [4.78, 5) is 1.27. The predicted octanol–water partition coefficient (Wildman–Crippen LogP) is 4.69. The molecule has 1 aliphatic heterocycles. The minimum absolute atomic E-state index is 0. The van der Waals surface area contributed by atoms with Crippen LogP contribution in [-0.2, 0) is 32.7 Å². The van der Waals surface area contributed by atoms with Gasteiger partial charge in [0.15, 0.2) is 0 Å². The molecule has 0 spiro atoms. The van der Waals surface area contributed by atoms with Gasteiger partial charge in [-0.05, 0) is 22.9 Å². The van der Waals surface area contributed by atoms with Gasteiger partial charge in [-0.15, -0.1) is 12.1 Å². The summed E-state index contributed by atoms with van der Waals surface area (Å²) in [6.45, 7) is 2.41. The van der Waals surface area contributed by atoms with Crippen LogP contribution in [0, 0.1) is 6.08 Å². The summed E-state index contributed by atoms with van der Waals surface area (Å²) >= 11 is 5.90. The van der Waals surface area contributed by atoms with Crippen LogP contribution >= 0.6 is 11.6 Å². The molecule has 2 nitrogen and oxygen atoms in total. The second-order valence-electron chi connectivity index (χ2n) is 4.66. The number of nitrogens with zero attached hydrogens (tertiary/aromatic N) is 1. The van der Waals surface area contributed by atoms with Crippen molar-refractivity contribution in [2.45, 2.75) is 12.9 Å². The molecular weight excluding hydrogens is 423 g/mol. The van der Waals surface area contributed by atoms with Crippen molar-refractivity contribution in [1.29, 1.82) is 0 Å². The molecule has 1 aliphatic rings. The molecule has 0 saturated heterocycles. The molecule has 1 aromatic rings. The van der Waals surface area contributed by atoms with Crippen LogP contribution in [0.25, 0.3) is 5.70 Å². The summed E-state index contributed by atoms with van der Waals surface area (Å²) in [5, 5.41) is 0.228. The van der Waals surface area contributed by atoms with Crippen molar-refractivity contribution in [2.24, 2.45) is 0 Å². The van der Waals surface area contributed by atoms with Crippen molar-refractivity contribution in [1.82, 2.24) is 4.90 Å². The Labute approximate surface area is 167 Å². The molecule has 0 unspecified atom stereocenters. The molecule has 0 fully saturated rings. The number of halogens is 5. The van der Waals surface area contributed by atoms with Crippen molar-refractivity contribution >= 4 is 17.3 Å². The molecule has 0 aromatic heterocycles. The van der Waals surface area contributed by atoms with Gasteiger partial charge in [0.2, 0.25) is 0 Å². The Bertz CT molecular complexity index is 631. The van der Waals surface area contributed by atoms with Crippen molar-refractivity contribution in [2.75, 3.05) is 13.2 Å². The number of hydrogen-bond acceptors (Lipinski definition) is 2. The first-order valence-electron chi connectivity index (χ1n) is 6.64. The molecule has 0 atom stereocenters. The average Bonchev–Trinajstić information content (AvgIpc) is 2.50. The normalized spacial score (nSPS) is 14.5. The van der Waals surface area contributed by atoms with Crippen LogP contribution in [0.15, 0.2) is 47.6 Å². The number of ether oxygens (including phenoxy) is 1. The van der Waals surface area contributed by atoms with E-state index in [1.54, 1.807) is 12.1 Å². The third-order valence-corrected chi connectivity index (χ3v) is 3.36. The number of allylic oxidation sites excluding steroid dienone is 3. The van der Waals surface area contributed by atoms with Crippen LogP contribution < -0.4 is 4.74 Å². The van der Waals surface area contributed by atoms with E-state index in [0.717, 1.165) is 0 Å². The summed E-state index contributed by atoms with van der Waals surface area (Å²) < 4.78 is 54.6. The number of hydrogen-bond donors (Lipinski definition) is 0. The second kappa shape index (κ2) is 9.59. The van der Waals surface area contributed by atoms with Gasteiger partial charge in [-0.3, -0.25) is 0 Å². The maximum Gasteiger partial charge on any atom is 0.272 e. The molecule has 0 saturated carbocycles. The minimum atomic E-state index is -2.58. The molecule has 2 rings (SSSR count). The Balaban J connectivity index is 0.00000288. The SMILES string of the molecule is C=C1C(Cl)=C[C-]=C(c2ccc(OCC(F)F)cc2)N1CC(F)F.[Y]. The minimum Gasteiger partial charge on any atom is -0.488 e. The van der Waals surface area contributed by atoms with Gasteiger partial charge in [0, 0.05) is 32.7 Å². The van der Waals surface area contributed by atoms with Gasteiger partial charge in [0.25, 0.3) is 12.9 Å². The third-order valence-electron chi connectivity index (χ3n) is 3.03. The van der Waals surface area contributed by atoms with E-state index in [9.17, 15) is 17.6 Å². The zero-order chi connectivity index (χ0) is 17.0. The van der Waals surface area contributed by atoms with Crippen molar-refractivity contribution in [3.8, 4) is 5.75 Å². The van der Waals surface area contributed by atoms with E-state index in [1.807, 2.05) is 0 Å². The summed E-state index contributed by atoms with van der Waals surface area (Å²) in [5.41, 5.74) is 1.19. The zero-order valence-corrected chi connectivity index (χ0v) is 16.1. The summed E-state index contributed by atoms with van der Waals surface area (Å²) in [6.07, 6.45) is -0.871. The van der Waals surface area contributed by atoms with Gasteiger partial charge in [-0.2, -0.15) is 23.8 Å². The summed E-state index contributed by atoms with van der Waals surface area (Å²) in [5.74, 6) is 0.262. The van der Waals surface area contributed by atoms with Crippen molar-refractivity contribution in [3.63, 3.8) is 0 Å². The molecule has 1 aromatic carbocycles. The van der Waals surface area contributed by atoms with E-state index in [0.29, 0.717) is 11.3 Å². The molecule has 0 aliphatic carbocycles. The number of alkyl halides is 4. The van der Waals surface area contributed by atoms with E-state index < -0.39 is 26.0 Å². The van der Waals surface area contributed by atoms with Gasteiger partial charge < -0.3 is 9.64 Å². The Hall–Kier alpha value is -0.846. The Kier molecular flexibility index (Phi) is 8.47. The standard InChI is InChI=1S/C16H13ClF4NO.Y/c1-10-13(17)6-7-14(22(10)8-15(18)19)11-2-4-12(5-3-11)23-9-16(20)21;/h2-6,15-16H,1,8-9H2;/q-1;. The topological polar surface area (TPSA) is 12.5 Å². The molecule has 1 radical (unpaired) electrons. The zero-order valence-electron chi connectivity index (χ0n) is 12.5. The Morgan fingerprint density at radius 3 is 2.29 bits per heavy atom. The molecule has 0 N–H and O–H groups in total. The van der Waals surface area contributed by atoms with E-state index in [-0.39, 0.29) is 49.2 Å². The molecular formula is C16H13ClF4NOY-. The van der Waals surface area contributed by atoms with E-state index >= 15 is 0 Å². The Morgan fingerprint density at radius 2 is 1.75 bits per heavy atom. The Morgan fingerprint density at radius 1 is 1.12 bits per heavy atom. The molecule has 24 heavy (non-hydrogen) atoms. The van der Waals surface area contributed by atoms with Crippen LogP contribution in [-0.4, -0.2) is 30.9 Å². The maximum atomic E-state index is 12.8. The summed E-state index contributed by atoms with van der Waals surface area (Å²) in [6, 6.07) is 6.11. The fraction of sp³-hybridized carbons (Fsp3) is 0.250. The molecule has 0 amide bonds. The number of benzene rings is 1. The van der Waals surface area contributed by atoms with Gasteiger partial charge in [-0.1, -0.05) is 17.8 Å². The molecule has 1 heterocycles. The smallest absolute Gasteiger partial charge is 0.272 e. The van der Waals surface area contributed by atoms with Crippen LogP contribution in [0.1, 0.15) is 5.56 Å². The van der Waals surface area contributed by atoms with Gasteiger partial charge in [0.05, 0.1) is 6.54 Å². The van der Waals surface area contributed by atoms with Gasteiger partial charge in [-0.25, -0.2) is 17.6 Å². The van der Waals surface area contributed by atoms with Crippen LogP contribution in [0.4, 0.5) is 17.6 Å². The summed E-state index contributed by atoms with van der Waals surface area (Å²) in [7, 11) is 0. The first-order valence-corrected chi connectivity index (χ1v) is 7.01. The first kappa shape index (κ1) is 21.2. The fourth-order valence-corrected chi connectivity index (χ4v) is 2.16. The fourth-order valence-electron chi connectivity index (χ4n) is 2.00. The second-order valence-corrected chi connectivity index (χ2v) is 5.07. The van der Waals surface area contributed by atoms with Crippen LogP contribution in [0.3, 0.4) is 0 Å². The van der Waals surface area contributed by atoms with E-state index in [2.05, 4.69) is 12.7 Å². The van der Waals surface area contributed by atoms with Crippen molar-refractivity contribution < 1.29 is 55.0 Å². The molecule has 127 valence electrons.